The van der Waals surface area contributed by atoms with Crippen LogP contribution in [0.1, 0.15) is 13.3 Å². The molecule has 0 aliphatic heterocycles. The molecule has 1 rings (SSSR count). The number of halogens is 1. The Labute approximate surface area is 48.7 Å². The van der Waals surface area contributed by atoms with Gasteiger partial charge in [0.1, 0.15) is 6.17 Å². The summed E-state index contributed by atoms with van der Waals surface area (Å²) in [6.45, 7) is 1.97. The highest BCUT2D eigenvalue weighted by Crippen LogP contribution is 2.11. The van der Waals surface area contributed by atoms with E-state index in [1.807, 2.05) is 19.1 Å². The first-order chi connectivity index (χ1) is 3.79. The van der Waals surface area contributed by atoms with Crippen LogP contribution in [0.2, 0.25) is 0 Å². The molecule has 0 fully saturated rings. The maximum atomic E-state index is 12.2. The van der Waals surface area contributed by atoms with Gasteiger partial charge in [-0.05, 0) is 6.92 Å². The van der Waals surface area contributed by atoms with E-state index in [9.17, 15) is 4.39 Å². The molecule has 0 N–H and O–H groups in total. The number of hydrogen-bond donors (Lipinski definition) is 0. The molecule has 0 spiro atoms. The lowest BCUT2D eigenvalue weighted by Gasteiger charge is -2.03. The van der Waals surface area contributed by atoms with Crippen molar-refractivity contribution in [2.75, 3.05) is 0 Å². The van der Waals surface area contributed by atoms with Gasteiger partial charge in [-0.3, -0.25) is 0 Å². The Kier molecular flexibility index (Phi) is 1.47. The van der Waals surface area contributed by atoms with Crippen LogP contribution in [0.4, 0.5) is 4.39 Å². The molecule has 0 bridgehead atoms. The minimum Gasteiger partial charge on any atom is -0.243 e. The summed E-state index contributed by atoms with van der Waals surface area (Å²) in [4.78, 5) is 0. The molecule has 0 saturated heterocycles. The van der Waals surface area contributed by atoms with Gasteiger partial charge >= 0.3 is 0 Å². The van der Waals surface area contributed by atoms with Crippen molar-refractivity contribution in [3.05, 3.63) is 23.8 Å². The maximum absolute atomic E-state index is 12.2. The zero-order chi connectivity index (χ0) is 5.98. The van der Waals surface area contributed by atoms with Gasteiger partial charge in [-0.2, -0.15) is 0 Å². The third-order valence-corrected chi connectivity index (χ3v) is 1.23. The van der Waals surface area contributed by atoms with Crippen molar-refractivity contribution < 1.29 is 4.39 Å². The van der Waals surface area contributed by atoms with Crippen molar-refractivity contribution in [2.24, 2.45) is 0 Å². The molecule has 1 aliphatic carbocycles. The Morgan fingerprint density at radius 2 is 2.50 bits per heavy atom. The molecule has 0 heterocycles. The van der Waals surface area contributed by atoms with Gasteiger partial charge in [-0.25, -0.2) is 4.39 Å². The van der Waals surface area contributed by atoms with E-state index >= 15 is 0 Å². The molecule has 0 aromatic rings. The summed E-state index contributed by atoms with van der Waals surface area (Å²) in [5.74, 6) is 0. The first-order valence-corrected chi connectivity index (χ1v) is 2.78. The summed E-state index contributed by atoms with van der Waals surface area (Å²) < 4.78 is 12.2. The predicted molar refractivity (Wildman–Crippen MR) is 32.4 cm³/mol. The highest BCUT2D eigenvalue weighted by atomic mass is 19.1. The summed E-state index contributed by atoms with van der Waals surface area (Å²) in [5, 5.41) is 0. The van der Waals surface area contributed by atoms with Crippen molar-refractivity contribution in [1.29, 1.82) is 0 Å². The predicted octanol–water partition coefficient (Wildman–Crippen LogP) is 2.23. The second-order valence-electron chi connectivity index (χ2n) is 2.06. The Morgan fingerprint density at radius 1 is 1.75 bits per heavy atom. The van der Waals surface area contributed by atoms with Gasteiger partial charge in [0.05, 0.1) is 0 Å². The zero-order valence-electron chi connectivity index (χ0n) is 4.89. The summed E-state index contributed by atoms with van der Waals surface area (Å²) in [6, 6.07) is 0. The van der Waals surface area contributed by atoms with Crippen molar-refractivity contribution in [3.8, 4) is 0 Å². The fourth-order valence-corrected chi connectivity index (χ4v) is 0.701. The van der Waals surface area contributed by atoms with Crippen molar-refractivity contribution >= 4 is 0 Å². The van der Waals surface area contributed by atoms with Crippen molar-refractivity contribution in [1.82, 2.24) is 0 Å². The second-order valence-corrected chi connectivity index (χ2v) is 2.06. The molecule has 0 aromatic carbocycles. The molecule has 1 atom stereocenters. The van der Waals surface area contributed by atoms with Crippen molar-refractivity contribution in [3.63, 3.8) is 0 Å². The minimum atomic E-state index is -0.737. The van der Waals surface area contributed by atoms with Crippen LogP contribution in [0.3, 0.4) is 0 Å². The van der Waals surface area contributed by atoms with Gasteiger partial charge in [0.2, 0.25) is 0 Å². The molecule has 0 radical (unpaired) electrons. The maximum Gasteiger partial charge on any atom is 0.122 e. The van der Waals surface area contributed by atoms with Crippen LogP contribution in [0.5, 0.6) is 0 Å². The lowest BCUT2D eigenvalue weighted by molar-refractivity contribution is 0.400. The van der Waals surface area contributed by atoms with Crippen LogP contribution in [0.15, 0.2) is 23.8 Å². The van der Waals surface area contributed by atoms with Crippen molar-refractivity contribution in [2.45, 2.75) is 19.5 Å². The Morgan fingerprint density at radius 3 is 2.88 bits per heavy atom. The molecule has 0 nitrogen and oxygen atoms in total. The normalized spacial score (nSPS) is 27.8. The van der Waals surface area contributed by atoms with Crippen LogP contribution in [-0.2, 0) is 0 Å². The molecule has 0 aromatic heterocycles. The Balaban J connectivity index is 2.58. The van der Waals surface area contributed by atoms with Gasteiger partial charge in [-0.1, -0.05) is 23.8 Å². The summed E-state index contributed by atoms with van der Waals surface area (Å²) in [7, 11) is 0. The molecular formula is C7H9F. The summed E-state index contributed by atoms with van der Waals surface area (Å²) in [6.07, 6.45) is 5.13. The smallest absolute Gasteiger partial charge is 0.122 e. The highest BCUT2D eigenvalue weighted by Gasteiger charge is 2.01. The van der Waals surface area contributed by atoms with E-state index in [4.69, 9.17) is 0 Å². The van der Waals surface area contributed by atoms with E-state index in [0.717, 1.165) is 0 Å². The quantitative estimate of drug-likeness (QED) is 0.450. The number of allylic oxidation sites excluding steroid dienone is 4. The van der Waals surface area contributed by atoms with Gasteiger partial charge in [0, 0.05) is 6.42 Å². The third-order valence-electron chi connectivity index (χ3n) is 1.23. The van der Waals surface area contributed by atoms with Crippen LogP contribution >= 0.6 is 0 Å². The molecule has 1 heteroatoms. The van der Waals surface area contributed by atoms with E-state index < -0.39 is 6.17 Å². The molecule has 44 valence electrons. The average Bonchev–Trinajstić information content (AvgIpc) is 1.77. The van der Waals surface area contributed by atoms with Crippen LogP contribution in [0, 0.1) is 0 Å². The van der Waals surface area contributed by atoms with E-state index in [1.54, 1.807) is 6.08 Å². The van der Waals surface area contributed by atoms with E-state index in [2.05, 4.69) is 0 Å². The molecular weight excluding hydrogens is 103 g/mol. The number of hydrogen-bond acceptors (Lipinski definition) is 0. The molecule has 8 heavy (non-hydrogen) atoms. The Bertz CT molecular complexity index is 133. The van der Waals surface area contributed by atoms with Crippen LogP contribution in [-0.4, -0.2) is 6.17 Å². The standard InChI is InChI=1S/C7H9F/c1-6-2-4-7(8)5-3-6/h2-4,7H,5H2,1H3/t7-/m1/s1. The van der Waals surface area contributed by atoms with Gasteiger partial charge in [-0.15, -0.1) is 0 Å². The topological polar surface area (TPSA) is 0 Å². The Hall–Kier alpha value is -0.590. The van der Waals surface area contributed by atoms with Gasteiger partial charge in [0.15, 0.2) is 0 Å². The lowest BCUT2D eigenvalue weighted by atomic mass is 10.1. The first-order valence-electron chi connectivity index (χ1n) is 2.78. The fourth-order valence-electron chi connectivity index (χ4n) is 0.701. The number of rotatable bonds is 0. The highest BCUT2D eigenvalue weighted by molar-refractivity contribution is 5.21. The molecule has 0 amide bonds. The largest absolute Gasteiger partial charge is 0.243 e. The minimum absolute atomic E-state index is 0.558. The monoisotopic (exact) mass is 112 g/mol. The summed E-state index contributed by atoms with van der Waals surface area (Å²) >= 11 is 0. The molecule has 1 aliphatic rings. The van der Waals surface area contributed by atoms with Crippen LogP contribution < -0.4 is 0 Å². The SMILES string of the molecule is CC1=CC[C@H](F)C=C1. The number of alkyl halides is 1. The zero-order valence-corrected chi connectivity index (χ0v) is 4.89. The molecule has 0 unspecified atom stereocenters. The van der Waals surface area contributed by atoms with Gasteiger partial charge in [0.25, 0.3) is 0 Å². The average molecular weight is 112 g/mol. The summed E-state index contributed by atoms with van der Waals surface area (Å²) in [5.41, 5.74) is 1.17. The molecule has 0 saturated carbocycles. The fraction of sp³-hybridized carbons (Fsp3) is 0.429. The first kappa shape index (κ1) is 5.54. The lowest BCUT2D eigenvalue weighted by Crippen LogP contribution is -1.96. The van der Waals surface area contributed by atoms with E-state index in [0.29, 0.717) is 6.42 Å². The van der Waals surface area contributed by atoms with E-state index in [1.165, 1.54) is 5.57 Å². The van der Waals surface area contributed by atoms with E-state index in [-0.39, 0.29) is 0 Å². The van der Waals surface area contributed by atoms with Gasteiger partial charge < -0.3 is 0 Å². The second kappa shape index (κ2) is 2.12. The van der Waals surface area contributed by atoms with Crippen LogP contribution in [0.25, 0.3) is 0 Å². The third kappa shape index (κ3) is 1.19.